The molecule has 2 rings (SSSR count). The number of carbonyl (C=O) groups excluding carboxylic acids is 2. The maximum atomic E-state index is 14.0. The third kappa shape index (κ3) is 4.06. The Morgan fingerprint density at radius 2 is 1.96 bits per heavy atom. The lowest BCUT2D eigenvalue weighted by Crippen LogP contribution is -2.36. The SMILES string of the molecule is CC(=O)NC(CC(=O)N1CCC(C(=O)O)C1)c1c(F)cccc1F. The Morgan fingerprint density at radius 1 is 1.33 bits per heavy atom. The van der Waals surface area contributed by atoms with E-state index >= 15 is 0 Å². The monoisotopic (exact) mass is 340 g/mol. The molecule has 0 radical (unpaired) electrons. The summed E-state index contributed by atoms with van der Waals surface area (Å²) < 4.78 is 27.9. The van der Waals surface area contributed by atoms with Crippen LogP contribution < -0.4 is 5.32 Å². The highest BCUT2D eigenvalue weighted by molar-refractivity contribution is 5.80. The molecule has 0 aliphatic carbocycles. The van der Waals surface area contributed by atoms with Gasteiger partial charge in [-0.25, -0.2) is 8.78 Å². The van der Waals surface area contributed by atoms with Gasteiger partial charge in [0, 0.05) is 25.6 Å². The van der Waals surface area contributed by atoms with Crippen LogP contribution in [0, 0.1) is 17.6 Å². The first-order valence-electron chi connectivity index (χ1n) is 7.51. The van der Waals surface area contributed by atoms with Crippen LogP contribution in [0.3, 0.4) is 0 Å². The molecule has 2 atom stereocenters. The quantitative estimate of drug-likeness (QED) is 0.850. The van der Waals surface area contributed by atoms with Crippen LogP contribution in [0.5, 0.6) is 0 Å². The number of hydrogen-bond donors (Lipinski definition) is 2. The van der Waals surface area contributed by atoms with E-state index in [1.165, 1.54) is 17.9 Å². The maximum Gasteiger partial charge on any atom is 0.308 e. The molecule has 1 aliphatic heterocycles. The van der Waals surface area contributed by atoms with Crippen molar-refractivity contribution in [2.75, 3.05) is 13.1 Å². The molecule has 1 heterocycles. The van der Waals surface area contributed by atoms with Crippen LogP contribution in [0.4, 0.5) is 8.78 Å². The van der Waals surface area contributed by atoms with Crippen LogP contribution in [0.1, 0.15) is 31.4 Å². The number of nitrogens with zero attached hydrogens (tertiary/aromatic N) is 1. The van der Waals surface area contributed by atoms with Crippen LogP contribution in [0.25, 0.3) is 0 Å². The van der Waals surface area contributed by atoms with Gasteiger partial charge in [0.05, 0.1) is 18.4 Å². The number of carboxylic acids is 1. The van der Waals surface area contributed by atoms with Crippen LogP contribution in [-0.2, 0) is 14.4 Å². The highest BCUT2D eigenvalue weighted by Crippen LogP contribution is 2.26. The van der Waals surface area contributed by atoms with E-state index < -0.39 is 41.4 Å². The number of benzene rings is 1. The predicted octanol–water partition coefficient (Wildman–Crippen LogP) is 1.47. The van der Waals surface area contributed by atoms with Crippen molar-refractivity contribution in [1.82, 2.24) is 10.2 Å². The molecule has 1 aromatic carbocycles. The molecule has 0 bridgehead atoms. The summed E-state index contributed by atoms with van der Waals surface area (Å²) in [5, 5.41) is 11.4. The Morgan fingerprint density at radius 3 is 2.46 bits per heavy atom. The minimum Gasteiger partial charge on any atom is -0.481 e. The number of rotatable bonds is 5. The molecule has 0 aromatic heterocycles. The van der Waals surface area contributed by atoms with Gasteiger partial charge in [-0.15, -0.1) is 0 Å². The zero-order chi connectivity index (χ0) is 17.9. The molecule has 0 saturated carbocycles. The third-order valence-electron chi connectivity index (χ3n) is 3.99. The number of hydrogen-bond acceptors (Lipinski definition) is 3. The van der Waals surface area contributed by atoms with Crippen LogP contribution in [0.2, 0.25) is 0 Å². The van der Waals surface area contributed by atoms with E-state index in [1.807, 2.05) is 0 Å². The normalized spacial score (nSPS) is 18.3. The molecule has 0 spiro atoms. The lowest BCUT2D eigenvalue weighted by Gasteiger charge is -2.22. The van der Waals surface area contributed by atoms with Crippen molar-refractivity contribution >= 4 is 17.8 Å². The van der Waals surface area contributed by atoms with Gasteiger partial charge in [0.25, 0.3) is 0 Å². The van der Waals surface area contributed by atoms with Gasteiger partial charge in [-0.1, -0.05) is 6.07 Å². The van der Waals surface area contributed by atoms with Gasteiger partial charge in [0.2, 0.25) is 11.8 Å². The van der Waals surface area contributed by atoms with Gasteiger partial charge >= 0.3 is 5.97 Å². The second-order valence-electron chi connectivity index (χ2n) is 5.76. The molecule has 8 heteroatoms. The van der Waals surface area contributed by atoms with E-state index in [0.717, 1.165) is 12.1 Å². The zero-order valence-corrected chi connectivity index (χ0v) is 13.1. The molecule has 24 heavy (non-hydrogen) atoms. The van der Waals surface area contributed by atoms with E-state index in [1.54, 1.807) is 0 Å². The standard InChI is InChI=1S/C16H18F2N2O4/c1-9(21)19-13(15-11(17)3-2-4-12(15)18)7-14(22)20-6-5-10(8-20)16(23)24/h2-4,10,13H,5-8H2,1H3,(H,19,21)(H,23,24). The lowest BCUT2D eigenvalue weighted by molar-refractivity contribution is -0.141. The molecule has 6 nitrogen and oxygen atoms in total. The molecular weight excluding hydrogens is 322 g/mol. The van der Waals surface area contributed by atoms with Crippen LogP contribution >= 0.6 is 0 Å². The van der Waals surface area contributed by atoms with Gasteiger partial charge < -0.3 is 15.3 Å². The summed E-state index contributed by atoms with van der Waals surface area (Å²) in [6.45, 7) is 1.51. The Hall–Kier alpha value is -2.51. The fourth-order valence-electron chi connectivity index (χ4n) is 2.81. The summed E-state index contributed by atoms with van der Waals surface area (Å²) in [6.07, 6.45) is -0.0102. The predicted molar refractivity (Wildman–Crippen MR) is 79.9 cm³/mol. The molecule has 2 amide bonds. The second-order valence-corrected chi connectivity index (χ2v) is 5.76. The van der Waals surface area contributed by atoms with Crippen molar-refractivity contribution in [3.05, 3.63) is 35.4 Å². The smallest absolute Gasteiger partial charge is 0.308 e. The molecule has 1 fully saturated rings. The minimum absolute atomic E-state index is 0.0563. The van der Waals surface area contributed by atoms with Gasteiger partial charge in [-0.2, -0.15) is 0 Å². The number of likely N-dealkylation sites (tertiary alicyclic amines) is 1. The van der Waals surface area contributed by atoms with Crippen molar-refractivity contribution in [1.29, 1.82) is 0 Å². The van der Waals surface area contributed by atoms with E-state index in [4.69, 9.17) is 5.11 Å². The Labute approximate surface area is 137 Å². The largest absolute Gasteiger partial charge is 0.481 e. The summed E-state index contributed by atoms with van der Waals surface area (Å²) in [5.41, 5.74) is -0.380. The number of carboxylic acid groups (broad SMARTS) is 1. The average Bonchev–Trinajstić information content (AvgIpc) is 2.96. The van der Waals surface area contributed by atoms with Gasteiger partial charge in [0.15, 0.2) is 0 Å². The fraction of sp³-hybridized carbons (Fsp3) is 0.438. The third-order valence-corrected chi connectivity index (χ3v) is 3.99. The average molecular weight is 340 g/mol. The van der Waals surface area contributed by atoms with Crippen molar-refractivity contribution in [3.63, 3.8) is 0 Å². The first-order chi connectivity index (χ1) is 11.3. The fourth-order valence-corrected chi connectivity index (χ4v) is 2.81. The van der Waals surface area contributed by atoms with Crippen molar-refractivity contribution < 1.29 is 28.3 Å². The van der Waals surface area contributed by atoms with E-state index in [9.17, 15) is 23.2 Å². The van der Waals surface area contributed by atoms with Gasteiger partial charge in [-0.05, 0) is 18.6 Å². The second kappa shape index (κ2) is 7.37. The molecule has 1 saturated heterocycles. The minimum atomic E-state index is -1.15. The molecule has 1 aromatic rings. The highest BCUT2D eigenvalue weighted by Gasteiger charge is 2.33. The molecule has 1 aliphatic rings. The van der Waals surface area contributed by atoms with Crippen molar-refractivity contribution in [2.24, 2.45) is 5.92 Å². The van der Waals surface area contributed by atoms with Gasteiger partial charge in [-0.3, -0.25) is 14.4 Å². The van der Waals surface area contributed by atoms with Gasteiger partial charge in [0.1, 0.15) is 11.6 Å². The first kappa shape index (κ1) is 17.8. The Bertz CT molecular complexity index is 645. The summed E-state index contributed by atoms with van der Waals surface area (Å²) >= 11 is 0. The van der Waals surface area contributed by atoms with Crippen LogP contribution in [0.15, 0.2) is 18.2 Å². The molecule has 130 valence electrons. The number of aliphatic carboxylic acids is 1. The zero-order valence-electron chi connectivity index (χ0n) is 13.1. The van der Waals surface area contributed by atoms with E-state index in [0.29, 0.717) is 6.42 Å². The number of halogens is 2. The highest BCUT2D eigenvalue weighted by atomic mass is 19.1. The van der Waals surface area contributed by atoms with Crippen molar-refractivity contribution in [2.45, 2.75) is 25.8 Å². The maximum absolute atomic E-state index is 14.0. The lowest BCUT2D eigenvalue weighted by atomic mass is 10.0. The summed E-state index contributed by atoms with van der Waals surface area (Å²) in [5.74, 6) is -4.32. The van der Waals surface area contributed by atoms with E-state index in [-0.39, 0.29) is 25.1 Å². The molecular formula is C16H18F2N2O4. The number of carbonyl (C=O) groups is 3. The molecule has 2 unspecified atom stereocenters. The number of nitrogens with one attached hydrogen (secondary N) is 1. The van der Waals surface area contributed by atoms with E-state index in [2.05, 4.69) is 5.32 Å². The number of amides is 2. The molecule has 2 N–H and O–H groups in total. The summed E-state index contributed by atoms with van der Waals surface area (Å²) in [7, 11) is 0. The summed E-state index contributed by atoms with van der Waals surface area (Å²) in [6, 6.07) is 2.14. The Balaban J connectivity index is 2.16. The Kier molecular flexibility index (Phi) is 5.48. The van der Waals surface area contributed by atoms with Crippen LogP contribution in [-0.4, -0.2) is 40.9 Å². The summed E-state index contributed by atoms with van der Waals surface area (Å²) in [4.78, 5) is 36.0. The first-order valence-corrected chi connectivity index (χ1v) is 7.51. The van der Waals surface area contributed by atoms with Crippen molar-refractivity contribution in [3.8, 4) is 0 Å². The topological polar surface area (TPSA) is 86.7 Å².